The summed E-state index contributed by atoms with van der Waals surface area (Å²) in [5, 5.41) is 12.3. The third-order valence-electron chi connectivity index (χ3n) is 4.59. The predicted octanol–water partition coefficient (Wildman–Crippen LogP) is 2.27. The highest BCUT2D eigenvalue weighted by Crippen LogP contribution is 2.29. The van der Waals surface area contributed by atoms with E-state index in [1.165, 1.54) is 0 Å². The number of hydrogen-bond donors (Lipinski definition) is 3. The maximum Gasteiger partial charge on any atom is 0.404 e. The van der Waals surface area contributed by atoms with E-state index in [9.17, 15) is 4.79 Å². The number of anilines is 1. The van der Waals surface area contributed by atoms with Crippen molar-refractivity contribution in [3.8, 4) is 11.3 Å². The first-order valence-corrected chi connectivity index (χ1v) is 8.94. The highest BCUT2D eigenvalue weighted by atomic mass is 16.5. The number of aromatic amines is 1. The van der Waals surface area contributed by atoms with Crippen molar-refractivity contribution in [2.75, 3.05) is 37.7 Å². The van der Waals surface area contributed by atoms with Gasteiger partial charge in [0.2, 0.25) is 0 Å². The molecule has 1 saturated heterocycles. The molecule has 0 unspecified atom stereocenters. The summed E-state index contributed by atoms with van der Waals surface area (Å²) < 4.78 is 5.44. The summed E-state index contributed by atoms with van der Waals surface area (Å²) in [6, 6.07) is 10.1. The van der Waals surface area contributed by atoms with Crippen LogP contribution in [0.2, 0.25) is 0 Å². The first-order chi connectivity index (χ1) is 13.2. The van der Waals surface area contributed by atoms with Crippen LogP contribution in [0.25, 0.3) is 22.2 Å². The van der Waals surface area contributed by atoms with Crippen molar-refractivity contribution < 1.29 is 14.6 Å². The molecule has 1 amide bonds. The largest absolute Gasteiger partial charge is 0.465 e. The second kappa shape index (κ2) is 7.63. The predicted molar refractivity (Wildman–Crippen MR) is 102 cm³/mol. The molecule has 0 radical (unpaired) electrons. The van der Waals surface area contributed by atoms with Gasteiger partial charge in [-0.05, 0) is 12.1 Å². The second-order valence-electron chi connectivity index (χ2n) is 6.35. The average Bonchev–Trinajstić information content (AvgIpc) is 3.17. The molecule has 1 aliphatic heterocycles. The van der Waals surface area contributed by atoms with Gasteiger partial charge in [-0.2, -0.15) is 0 Å². The second-order valence-corrected chi connectivity index (χ2v) is 6.35. The standard InChI is InChI=1S/C19H21N5O3/c25-19(26)21-7-5-17-22-16(12-18(23-17)24-8-10-27-11-9-24)13-2-1-3-15-14(13)4-6-20-15/h1-4,6,12,20-21H,5,7-11H2,(H,25,26). The van der Waals surface area contributed by atoms with Crippen LogP contribution in [0, 0.1) is 0 Å². The minimum absolute atomic E-state index is 0.274. The van der Waals surface area contributed by atoms with Crippen LogP contribution in [0.4, 0.5) is 10.6 Å². The molecule has 140 valence electrons. The van der Waals surface area contributed by atoms with Gasteiger partial charge in [-0.3, -0.25) is 0 Å². The quantitative estimate of drug-likeness (QED) is 0.639. The molecule has 0 bridgehead atoms. The Bertz CT molecular complexity index is 949. The zero-order valence-electron chi connectivity index (χ0n) is 14.8. The van der Waals surface area contributed by atoms with E-state index in [1.54, 1.807) is 0 Å². The van der Waals surface area contributed by atoms with Gasteiger partial charge in [0.15, 0.2) is 0 Å². The number of benzene rings is 1. The number of morpholine rings is 1. The lowest BCUT2D eigenvalue weighted by Gasteiger charge is -2.28. The molecule has 0 atom stereocenters. The highest BCUT2D eigenvalue weighted by molar-refractivity contribution is 5.94. The van der Waals surface area contributed by atoms with E-state index in [-0.39, 0.29) is 6.54 Å². The number of carbonyl (C=O) groups is 1. The fraction of sp³-hybridized carbons (Fsp3) is 0.316. The van der Waals surface area contributed by atoms with Gasteiger partial charge in [0, 0.05) is 54.8 Å². The molecule has 0 spiro atoms. The molecular formula is C19H21N5O3. The Morgan fingerprint density at radius 1 is 1.26 bits per heavy atom. The molecule has 1 aromatic carbocycles. The lowest BCUT2D eigenvalue weighted by molar-refractivity contribution is 0.122. The van der Waals surface area contributed by atoms with Crippen LogP contribution in [0.15, 0.2) is 36.5 Å². The molecule has 1 aliphatic rings. The lowest BCUT2D eigenvalue weighted by atomic mass is 10.1. The van der Waals surface area contributed by atoms with E-state index in [2.05, 4.69) is 20.2 Å². The number of aromatic nitrogens is 3. The summed E-state index contributed by atoms with van der Waals surface area (Å²) >= 11 is 0. The van der Waals surface area contributed by atoms with Crippen molar-refractivity contribution in [1.82, 2.24) is 20.3 Å². The topological polar surface area (TPSA) is 103 Å². The molecule has 8 heteroatoms. The van der Waals surface area contributed by atoms with Crippen LogP contribution >= 0.6 is 0 Å². The first kappa shape index (κ1) is 17.3. The van der Waals surface area contributed by atoms with E-state index < -0.39 is 6.09 Å². The number of H-pyrrole nitrogens is 1. The van der Waals surface area contributed by atoms with Crippen LogP contribution in [-0.4, -0.2) is 59.0 Å². The summed E-state index contributed by atoms with van der Waals surface area (Å²) in [5.41, 5.74) is 2.91. The smallest absolute Gasteiger partial charge is 0.404 e. The normalized spacial score (nSPS) is 14.4. The third kappa shape index (κ3) is 3.85. The van der Waals surface area contributed by atoms with Crippen molar-refractivity contribution in [2.45, 2.75) is 6.42 Å². The summed E-state index contributed by atoms with van der Waals surface area (Å²) in [4.78, 5) is 25.5. The fourth-order valence-electron chi connectivity index (χ4n) is 3.28. The average molecular weight is 367 g/mol. The van der Waals surface area contributed by atoms with E-state index in [4.69, 9.17) is 14.8 Å². The van der Waals surface area contributed by atoms with Gasteiger partial charge in [-0.1, -0.05) is 12.1 Å². The van der Waals surface area contributed by atoms with Crippen molar-refractivity contribution in [3.05, 3.63) is 42.4 Å². The highest BCUT2D eigenvalue weighted by Gasteiger charge is 2.17. The molecule has 3 aromatic rings. The SMILES string of the molecule is O=C(O)NCCc1nc(-c2cccc3[nH]ccc23)cc(N2CCOCC2)n1. The number of amides is 1. The minimum atomic E-state index is -1.04. The summed E-state index contributed by atoms with van der Waals surface area (Å²) in [5.74, 6) is 1.47. The number of carboxylic acid groups (broad SMARTS) is 1. The Labute approximate surface area is 156 Å². The van der Waals surface area contributed by atoms with E-state index in [0.29, 0.717) is 25.5 Å². The third-order valence-corrected chi connectivity index (χ3v) is 4.59. The van der Waals surface area contributed by atoms with Gasteiger partial charge in [-0.25, -0.2) is 14.8 Å². The molecular weight excluding hydrogens is 346 g/mol. The Morgan fingerprint density at radius 3 is 2.93 bits per heavy atom. The number of nitrogens with zero attached hydrogens (tertiary/aromatic N) is 3. The molecule has 4 rings (SSSR count). The Balaban J connectivity index is 1.72. The van der Waals surface area contributed by atoms with Crippen LogP contribution < -0.4 is 10.2 Å². The first-order valence-electron chi connectivity index (χ1n) is 8.94. The zero-order valence-corrected chi connectivity index (χ0v) is 14.8. The van der Waals surface area contributed by atoms with Gasteiger partial charge < -0.3 is 25.0 Å². The monoisotopic (exact) mass is 367 g/mol. The maximum atomic E-state index is 10.7. The molecule has 3 N–H and O–H groups in total. The van der Waals surface area contributed by atoms with Gasteiger partial charge in [0.1, 0.15) is 11.6 Å². The summed E-state index contributed by atoms with van der Waals surface area (Å²) in [6.45, 7) is 3.16. The summed E-state index contributed by atoms with van der Waals surface area (Å²) in [7, 11) is 0. The molecule has 27 heavy (non-hydrogen) atoms. The Morgan fingerprint density at radius 2 is 2.11 bits per heavy atom. The number of hydrogen-bond acceptors (Lipinski definition) is 5. The molecule has 0 saturated carbocycles. The van der Waals surface area contributed by atoms with E-state index in [0.717, 1.165) is 41.1 Å². The van der Waals surface area contributed by atoms with Crippen molar-refractivity contribution in [1.29, 1.82) is 0 Å². The van der Waals surface area contributed by atoms with Gasteiger partial charge in [-0.15, -0.1) is 0 Å². The molecule has 1 fully saturated rings. The molecule has 2 aromatic heterocycles. The Kier molecular flexibility index (Phi) is 4.88. The van der Waals surface area contributed by atoms with Gasteiger partial charge in [0.25, 0.3) is 0 Å². The van der Waals surface area contributed by atoms with Crippen LogP contribution in [0.3, 0.4) is 0 Å². The number of rotatable bonds is 5. The number of ether oxygens (including phenoxy) is 1. The number of nitrogens with one attached hydrogen (secondary N) is 2. The minimum Gasteiger partial charge on any atom is -0.465 e. The zero-order chi connectivity index (χ0) is 18.6. The van der Waals surface area contributed by atoms with Gasteiger partial charge >= 0.3 is 6.09 Å². The van der Waals surface area contributed by atoms with Crippen molar-refractivity contribution >= 4 is 22.8 Å². The van der Waals surface area contributed by atoms with Gasteiger partial charge in [0.05, 0.1) is 18.9 Å². The lowest BCUT2D eigenvalue weighted by Crippen LogP contribution is -2.37. The van der Waals surface area contributed by atoms with Crippen LogP contribution in [0.5, 0.6) is 0 Å². The van der Waals surface area contributed by atoms with Crippen molar-refractivity contribution in [2.24, 2.45) is 0 Å². The molecule has 3 heterocycles. The van der Waals surface area contributed by atoms with E-state index >= 15 is 0 Å². The van der Waals surface area contributed by atoms with Crippen molar-refractivity contribution in [3.63, 3.8) is 0 Å². The van der Waals surface area contributed by atoms with E-state index in [1.807, 2.05) is 36.5 Å². The fourth-order valence-corrected chi connectivity index (χ4v) is 3.28. The Hall–Kier alpha value is -3.13. The molecule has 0 aliphatic carbocycles. The maximum absolute atomic E-state index is 10.7. The van der Waals surface area contributed by atoms with Crippen LogP contribution in [-0.2, 0) is 11.2 Å². The van der Waals surface area contributed by atoms with Crippen LogP contribution in [0.1, 0.15) is 5.82 Å². The molecule has 8 nitrogen and oxygen atoms in total. The number of fused-ring (bicyclic) bond motifs is 1. The summed E-state index contributed by atoms with van der Waals surface area (Å²) in [6.07, 6.45) is 1.30.